The molecule has 0 aromatic heterocycles. The summed E-state index contributed by atoms with van der Waals surface area (Å²) in [5.41, 5.74) is 2.06. The number of carbonyl (C=O) groups excluding carboxylic acids is 1. The van der Waals surface area contributed by atoms with Gasteiger partial charge in [0.15, 0.2) is 0 Å². The lowest BCUT2D eigenvalue weighted by molar-refractivity contribution is -0.144. The van der Waals surface area contributed by atoms with Crippen LogP contribution in [0.5, 0.6) is 0 Å². The number of aliphatic carboxylic acids is 1. The molecule has 74 valence electrons. The van der Waals surface area contributed by atoms with E-state index in [1.165, 1.54) is 0 Å². The van der Waals surface area contributed by atoms with Crippen LogP contribution in [0.1, 0.15) is 25.7 Å². The van der Waals surface area contributed by atoms with Gasteiger partial charge >= 0.3 is 5.97 Å². The molecule has 1 amide bonds. The Balaban J connectivity index is 2.51. The molecule has 2 atom stereocenters. The molecular weight excluding hydrogens is 172 g/mol. The van der Waals surface area contributed by atoms with E-state index in [1.54, 1.807) is 0 Å². The summed E-state index contributed by atoms with van der Waals surface area (Å²) in [6.45, 7) is 0. The van der Waals surface area contributed by atoms with Crippen LogP contribution in [0.4, 0.5) is 0 Å². The number of hydrazine groups is 1. The molecule has 0 aliphatic heterocycles. The second-order valence-electron chi connectivity index (χ2n) is 3.41. The van der Waals surface area contributed by atoms with Crippen LogP contribution in [0, 0.1) is 11.8 Å². The molecule has 1 aliphatic carbocycles. The van der Waals surface area contributed by atoms with Crippen LogP contribution in [0.3, 0.4) is 0 Å². The first-order valence-electron chi connectivity index (χ1n) is 4.38. The van der Waals surface area contributed by atoms with Crippen molar-refractivity contribution in [2.24, 2.45) is 17.7 Å². The monoisotopic (exact) mass is 186 g/mol. The standard InChI is InChI=1S/C8H14N2O3/c9-10-7(11)5-2-1-3-6(4-5)8(12)13/h5-6H,1-4,9H2,(H,10,11)(H,12,13). The van der Waals surface area contributed by atoms with Crippen molar-refractivity contribution in [3.63, 3.8) is 0 Å². The molecule has 4 N–H and O–H groups in total. The van der Waals surface area contributed by atoms with E-state index < -0.39 is 5.97 Å². The Bertz CT molecular complexity index is 217. The molecule has 0 aromatic carbocycles. The number of amides is 1. The molecule has 13 heavy (non-hydrogen) atoms. The van der Waals surface area contributed by atoms with Crippen molar-refractivity contribution in [2.75, 3.05) is 0 Å². The van der Waals surface area contributed by atoms with Crippen LogP contribution < -0.4 is 11.3 Å². The van der Waals surface area contributed by atoms with Gasteiger partial charge in [0.1, 0.15) is 0 Å². The Morgan fingerprint density at radius 2 is 1.92 bits per heavy atom. The summed E-state index contributed by atoms with van der Waals surface area (Å²) < 4.78 is 0. The maximum absolute atomic E-state index is 11.1. The Kier molecular flexibility index (Phi) is 3.25. The summed E-state index contributed by atoms with van der Waals surface area (Å²) in [5.74, 6) is 3.32. The average Bonchev–Trinajstić information content (AvgIpc) is 2.17. The normalized spacial score (nSPS) is 28.1. The number of carbonyl (C=O) groups is 2. The van der Waals surface area contributed by atoms with E-state index in [1.807, 2.05) is 0 Å². The first kappa shape index (κ1) is 9.98. The zero-order chi connectivity index (χ0) is 9.84. The van der Waals surface area contributed by atoms with E-state index in [0.717, 1.165) is 12.8 Å². The van der Waals surface area contributed by atoms with Crippen LogP contribution in [0.2, 0.25) is 0 Å². The van der Waals surface area contributed by atoms with Crippen LogP contribution in [0.15, 0.2) is 0 Å². The van der Waals surface area contributed by atoms with Gasteiger partial charge in [0, 0.05) is 5.92 Å². The summed E-state index contributed by atoms with van der Waals surface area (Å²) in [6.07, 6.45) is 2.61. The first-order valence-corrected chi connectivity index (χ1v) is 4.38. The summed E-state index contributed by atoms with van der Waals surface area (Å²) in [7, 11) is 0. The molecule has 0 spiro atoms. The van der Waals surface area contributed by atoms with E-state index >= 15 is 0 Å². The summed E-state index contributed by atoms with van der Waals surface area (Å²) in [5, 5.41) is 8.75. The number of hydrogen-bond donors (Lipinski definition) is 3. The number of hydrogen-bond acceptors (Lipinski definition) is 3. The third-order valence-corrected chi connectivity index (χ3v) is 2.54. The lowest BCUT2D eigenvalue weighted by Crippen LogP contribution is -2.39. The Morgan fingerprint density at radius 1 is 1.31 bits per heavy atom. The van der Waals surface area contributed by atoms with Gasteiger partial charge in [-0.25, -0.2) is 5.84 Å². The Labute approximate surface area is 76.3 Å². The highest BCUT2D eigenvalue weighted by atomic mass is 16.4. The fraction of sp³-hybridized carbons (Fsp3) is 0.750. The fourth-order valence-electron chi connectivity index (χ4n) is 1.77. The minimum atomic E-state index is -0.811. The average molecular weight is 186 g/mol. The number of nitrogens with one attached hydrogen (secondary N) is 1. The lowest BCUT2D eigenvalue weighted by atomic mass is 9.81. The summed E-state index contributed by atoms with van der Waals surface area (Å²) >= 11 is 0. The molecule has 0 radical (unpaired) electrons. The maximum Gasteiger partial charge on any atom is 0.306 e. The second kappa shape index (κ2) is 4.23. The van der Waals surface area contributed by atoms with E-state index in [-0.39, 0.29) is 17.7 Å². The molecule has 0 saturated heterocycles. The summed E-state index contributed by atoms with van der Waals surface area (Å²) in [6, 6.07) is 0. The van der Waals surface area contributed by atoms with Gasteiger partial charge in [-0.3, -0.25) is 15.0 Å². The van der Waals surface area contributed by atoms with Gasteiger partial charge in [0.2, 0.25) is 5.91 Å². The Hall–Kier alpha value is -1.10. The third kappa shape index (κ3) is 2.42. The van der Waals surface area contributed by atoms with Gasteiger partial charge in [-0.05, 0) is 19.3 Å². The van der Waals surface area contributed by atoms with Crippen molar-refractivity contribution in [1.29, 1.82) is 0 Å². The van der Waals surface area contributed by atoms with Crippen molar-refractivity contribution >= 4 is 11.9 Å². The first-order chi connectivity index (χ1) is 6.15. The van der Waals surface area contributed by atoms with Crippen molar-refractivity contribution in [1.82, 2.24) is 5.43 Å². The van der Waals surface area contributed by atoms with E-state index in [2.05, 4.69) is 5.43 Å². The van der Waals surface area contributed by atoms with Crippen molar-refractivity contribution in [2.45, 2.75) is 25.7 Å². The van der Waals surface area contributed by atoms with Gasteiger partial charge < -0.3 is 5.11 Å². The van der Waals surface area contributed by atoms with Crippen LogP contribution in [0.25, 0.3) is 0 Å². The minimum Gasteiger partial charge on any atom is -0.481 e. The largest absolute Gasteiger partial charge is 0.481 e. The molecule has 2 unspecified atom stereocenters. The number of nitrogens with two attached hydrogens (primary N) is 1. The predicted molar refractivity (Wildman–Crippen MR) is 45.4 cm³/mol. The molecule has 0 aromatic rings. The minimum absolute atomic E-state index is 0.222. The topological polar surface area (TPSA) is 92.4 Å². The number of carboxylic acids is 1. The van der Waals surface area contributed by atoms with Gasteiger partial charge in [-0.2, -0.15) is 0 Å². The van der Waals surface area contributed by atoms with E-state index in [4.69, 9.17) is 10.9 Å². The number of rotatable bonds is 2. The molecule has 1 aliphatic rings. The molecule has 0 heterocycles. The highest BCUT2D eigenvalue weighted by Gasteiger charge is 2.30. The molecule has 1 fully saturated rings. The van der Waals surface area contributed by atoms with Crippen LogP contribution in [-0.2, 0) is 9.59 Å². The molecule has 0 bridgehead atoms. The van der Waals surface area contributed by atoms with E-state index in [9.17, 15) is 9.59 Å². The highest BCUT2D eigenvalue weighted by molar-refractivity contribution is 5.79. The highest BCUT2D eigenvalue weighted by Crippen LogP contribution is 2.28. The SMILES string of the molecule is NNC(=O)C1CCCC(C(=O)O)C1. The number of carboxylic acid groups (broad SMARTS) is 1. The molecule has 5 nitrogen and oxygen atoms in total. The van der Waals surface area contributed by atoms with Crippen molar-refractivity contribution < 1.29 is 14.7 Å². The van der Waals surface area contributed by atoms with Crippen LogP contribution >= 0.6 is 0 Å². The van der Waals surface area contributed by atoms with E-state index in [0.29, 0.717) is 12.8 Å². The summed E-state index contributed by atoms with van der Waals surface area (Å²) in [4.78, 5) is 21.8. The fourth-order valence-corrected chi connectivity index (χ4v) is 1.77. The molecule has 1 rings (SSSR count). The van der Waals surface area contributed by atoms with Crippen LogP contribution in [-0.4, -0.2) is 17.0 Å². The zero-order valence-electron chi connectivity index (χ0n) is 7.32. The van der Waals surface area contributed by atoms with Gasteiger partial charge in [-0.15, -0.1) is 0 Å². The molecule has 1 saturated carbocycles. The van der Waals surface area contributed by atoms with Crippen molar-refractivity contribution in [3.05, 3.63) is 0 Å². The molecular formula is C8H14N2O3. The lowest BCUT2D eigenvalue weighted by Gasteiger charge is -2.24. The second-order valence-corrected chi connectivity index (χ2v) is 3.41. The molecule has 5 heteroatoms. The van der Waals surface area contributed by atoms with Gasteiger partial charge in [0.05, 0.1) is 5.92 Å². The zero-order valence-corrected chi connectivity index (χ0v) is 7.32. The van der Waals surface area contributed by atoms with Gasteiger partial charge in [0.25, 0.3) is 0 Å². The maximum atomic E-state index is 11.1. The van der Waals surface area contributed by atoms with Crippen molar-refractivity contribution in [3.8, 4) is 0 Å². The quantitative estimate of drug-likeness (QED) is 0.318. The predicted octanol–water partition coefficient (Wildman–Crippen LogP) is -0.133. The van der Waals surface area contributed by atoms with Gasteiger partial charge in [-0.1, -0.05) is 6.42 Å². The Morgan fingerprint density at radius 3 is 2.46 bits per heavy atom. The third-order valence-electron chi connectivity index (χ3n) is 2.54. The smallest absolute Gasteiger partial charge is 0.306 e.